The number of hydrogen-bond acceptors (Lipinski definition) is 3. The molecule has 0 spiro atoms. The highest BCUT2D eigenvalue weighted by molar-refractivity contribution is 7.99. The molecule has 2 amide bonds. The lowest BCUT2D eigenvalue weighted by Crippen LogP contribution is -2.46. The molecule has 0 bridgehead atoms. The number of benzene rings is 2. The van der Waals surface area contributed by atoms with Crippen LogP contribution in [0, 0.1) is 0 Å². The van der Waals surface area contributed by atoms with E-state index in [2.05, 4.69) is 5.32 Å². The van der Waals surface area contributed by atoms with E-state index in [1.807, 2.05) is 36.4 Å². The van der Waals surface area contributed by atoms with E-state index in [1.54, 1.807) is 42.8 Å². The van der Waals surface area contributed by atoms with Gasteiger partial charge in [0.1, 0.15) is 6.04 Å². The van der Waals surface area contributed by atoms with Gasteiger partial charge in [0.2, 0.25) is 11.8 Å². The minimum absolute atomic E-state index is 0.0764. The van der Waals surface area contributed by atoms with Crippen molar-refractivity contribution < 1.29 is 9.59 Å². The van der Waals surface area contributed by atoms with E-state index >= 15 is 0 Å². The average molecular weight is 425 g/mol. The first-order valence-corrected chi connectivity index (χ1v) is 10.3. The molecular formula is C20H22Cl2N2O2S. The fourth-order valence-electron chi connectivity index (χ4n) is 2.55. The predicted molar refractivity (Wildman–Crippen MR) is 112 cm³/mol. The zero-order valence-corrected chi connectivity index (χ0v) is 17.6. The smallest absolute Gasteiger partial charge is 0.242 e. The van der Waals surface area contributed by atoms with Gasteiger partial charge in [-0.1, -0.05) is 35.3 Å². The van der Waals surface area contributed by atoms with Crippen molar-refractivity contribution in [1.82, 2.24) is 10.2 Å². The number of nitrogens with zero attached hydrogens (tertiary/aromatic N) is 1. The summed E-state index contributed by atoms with van der Waals surface area (Å²) >= 11 is 13.5. The third-order valence-corrected chi connectivity index (χ3v) is 5.55. The van der Waals surface area contributed by atoms with E-state index in [0.29, 0.717) is 28.8 Å². The van der Waals surface area contributed by atoms with Crippen LogP contribution < -0.4 is 5.32 Å². The van der Waals surface area contributed by atoms with E-state index < -0.39 is 6.04 Å². The molecule has 0 aliphatic heterocycles. The molecular weight excluding hydrogens is 403 g/mol. The van der Waals surface area contributed by atoms with Crippen LogP contribution in [0.3, 0.4) is 0 Å². The number of amides is 2. The van der Waals surface area contributed by atoms with Crippen molar-refractivity contribution in [3.8, 4) is 0 Å². The summed E-state index contributed by atoms with van der Waals surface area (Å²) in [6.45, 7) is 2.06. The van der Waals surface area contributed by atoms with Gasteiger partial charge in [0.15, 0.2) is 0 Å². The van der Waals surface area contributed by atoms with Crippen LogP contribution >= 0.6 is 35.0 Å². The summed E-state index contributed by atoms with van der Waals surface area (Å²) < 4.78 is 0. The van der Waals surface area contributed by atoms with Crippen molar-refractivity contribution in [2.75, 3.05) is 12.8 Å². The third kappa shape index (κ3) is 6.76. The molecule has 0 aromatic heterocycles. The lowest BCUT2D eigenvalue weighted by atomic mass is 10.1. The first-order valence-electron chi connectivity index (χ1n) is 8.54. The van der Waals surface area contributed by atoms with Crippen LogP contribution in [-0.4, -0.2) is 35.6 Å². The molecule has 0 saturated heterocycles. The predicted octanol–water partition coefficient (Wildman–Crippen LogP) is 4.64. The molecule has 0 saturated carbocycles. The van der Waals surface area contributed by atoms with Crippen LogP contribution in [0.25, 0.3) is 0 Å². The molecule has 27 heavy (non-hydrogen) atoms. The summed E-state index contributed by atoms with van der Waals surface area (Å²) in [6.07, 6.45) is 0.329. The molecule has 2 aromatic rings. The Kier molecular flexibility index (Phi) is 8.48. The van der Waals surface area contributed by atoms with Crippen molar-refractivity contribution in [3.05, 3.63) is 64.1 Å². The fraction of sp³-hybridized carbons (Fsp3) is 0.300. The second kappa shape index (κ2) is 10.6. The maximum absolute atomic E-state index is 12.8. The maximum atomic E-state index is 12.8. The number of hydrogen-bond donors (Lipinski definition) is 1. The molecule has 1 atom stereocenters. The zero-order valence-electron chi connectivity index (χ0n) is 15.2. The van der Waals surface area contributed by atoms with Gasteiger partial charge < -0.3 is 10.2 Å². The van der Waals surface area contributed by atoms with Gasteiger partial charge in [-0.2, -0.15) is 0 Å². The van der Waals surface area contributed by atoms with E-state index in [4.69, 9.17) is 23.2 Å². The lowest BCUT2D eigenvalue weighted by Gasteiger charge is -2.28. The minimum Gasteiger partial charge on any atom is -0.357 e. The summed E-state index contributed by atoms with van der Waals surface area (Å²) in [6, 6.07) is 14.2. The molecule has 4 nitrogen and oxygen atoms in total. The summed E-state index contributed by atoms with van der Waals surface area (Å²) in [7, 11) is 1.57. The van der Waals surface area contributed by atoms with Gasteiger partial charge in [-0.05, 0) is 48.9 Å². The van der Waals surface area contributed by atoms with Crippen LogP contribution in [0.1, 0.15) is 18.9 Å². The quantitative estimate of drug-likeness (QED) is 0.627. The average Bonchev–Trinajstić information content (AvgIpc) is 2.66. The van der Waals surface area contributed by atoms with Crippen LogP contribution in [0.5, 0.6) is 0 Å². The molecule has 2 aromatic carbocycles. The summed E-state index contributed by atoms with van der Waals surface area (Å²) in [5, 5.41) is 3.89. The van der Waals surface area contributed by atoms with Crippen molar-refractivity contribution in [1.29, 1.82) is 0 Å². The topological polar surface area (TPSA) is 49.4 Å². The normalized spacial score (nSPS) is 11.7. The Morgan fingerprint density at radius 3 is 2.44 bits per heavy atom. The molecule has 1 N–H and O–H groups in total. The summed E-state index contributed by atoms with van der Waals surface area (Å²) in [4.78, 5) is 27.5. The van der Waals surface area contributed by atoms with Crippen molar-refractivity contribution in [3.63, 3.8) is 0 Å². The minimum atomic E-state index is -0.568. The Bertz CT molecular complexity index is 784. The van der Waals surface area contributed by atoms with Gasteiger partial charge >= 0.3 is 0 Å². The maximum Gasteiger partial charge on any atom is 0.242 e. The Morgan fingerprint density at radius 2 is 1.81 bits per heavy atom. The number of carbonyl (C=O) groups is 2. The Labute approximate surface area is 174 Å². The highest BCUT2D eigenvalue weighted by atomic mass is 35.5. The largest absolute Gasteiger partial charge is 0.357 e. The molecule has 0 radical (unpaired) electrons. The molecule has 0 unspecified atom stereocenters. The van der Waals surface area contributed by atoms with Gasteiger partial charge in [0.25, 0.3) is 0 Å². The molecule has 0 heterocycles. The van der Waals surface area contributed by atoms with E-state index in [1.165, 1.54) is 0 Å². The van der Waals surface area contributed by atoms with E-state index in [-0.39, 0.29) is 11.8 Å². The lowest BCUT2D eigenvalue weighted by molar-refractivity contribution is -0.140. The van der Waals surface area contributed by atoms with Crippen LogP contribution in [0.4, 0.5) is 0 Å². The van der Waals surface area contributed by atoms with Crippen molar-refractivity contribution in [2.24, 2.45) is 0 Å². The Balaban J connectivity index is 2.03. The number of nitrogens with one attached hydrogen (secondary N) is 1. The number of halogens is 2. The van der Waals surface area contributed by atoms with Gasteiger partial charge in [0.05, 0.1) is 0 Å². The van der Waals surface area contributed by atoms with Crippen LogP contribution in [0.2, 0.25) is 10.0 Å². The first-order chi connectivity index (χ1) is 12.9. The number of thioether (sulfide) groups is 1. The highest BCUT2D eigenvalue weighted by Gasteiger charge is 2.25. The molecule has 0 fully saturated rings. The molecule has 7 heteroatoms. The number of rotatable bonds is 8. The molecule has 144 valence electrons. The zero-order chi connectivity index (χ0) is 19.8. The standard InChI is InChI=1S/C20H22Cl2N2O2S/c1-14(20(26)23-2)24(13-15-4-3-5-17(22)12-15)19(25)10-11-27-18-8-6-16(21)7-9-18/h3-9,12,14H,10-11,13H2,1-2H3,(H,23,26)/t14-/m1/s1. The van der Waals surface area contributed by atoms with Crippen molar-refractivity contribution in [2.45, 2.75) is 30.8 Å². The van der Waals surface area contributed by atoms with Gasteiger partial charge in [-0.25, -0.2) is 0 Å². The first kappa shape index (κ1) is 21.6. The van der Waals surface area contributed by atoms with Crippen LogP contribution in [0.15, 0.2) is 53.4 Å². The summed E-state index contributed by atoms with van der Waals surface area (Å²) in [5.41, 5.74) is 0.886. The Hall–Kier alpha value is -1.69. The monoisotopic (exact) mass is 424 g/mol. The van der Waals surface area contributed by atoms with Gasteiger partial charge in [-0.3, -0.25) is 9.59 Å². The molecule has 0 aliphatic rings. The summed E-state index contributed by atoms with van der Waals surface area (Å²) in [5.74, 6) is 0.343. The second-order valence-electron chi connectivity index (χ2n) is 5.99. The number of carbonyl (C=O) groups excluding carboxylic acids is 2. The molecule has 2 rings (SSSR count). The van der Waals surface area contributed by atoms with Gasteiger partial charge in [0, 0.05) is 40.7 Å². The third-order valence-electron chi connectivity index (χ3n) is 4.05. The highest BCUT2D eigenvalue weighted by Crippen LogP contribution is 2.22. The van der Waals surface area contributed by atoms with E-state index in [0.717, 1.165) is 10.5 Å². The second-order valence-corrected chi connectivity index (χ2v) is 8.04. The SMILES string of the molecule is CNC(=O)[C@@H](C)N(Cc1cccc(Cl)c1)C(=O)CCSc1ccc(Cl)cc1. The Morgan fingerprint density at radius 1 is 1.11 bits per heavy atom. The molecule has 0 aliphatic carbocycles. The van der Waals surface area contributed by atoms with E-state index in [9.17, 15) is 9.59 Å². The number of likely N-dealkylation sites (N-methyl/N-ethyl adjacent to an activating group) is 1. The van der Waals surface area contributed by atoms with Gasteiger partial charge in [-0.15, -0.1) is 11.8 Å². The fourth-order valence-corrected chi connectivity index (χ4v) is 3.73. The van der Waals surface area contributed by atoms with Crippen LogP contribution in [-0.2, 0) is 16.1 Å². The van der Waals surface area contributed by atoms with Crippen molar-refractivity contribution >= 4 is 46.8 Å².